The summed E-state index contributed by atoms with van der Waals surface area (Å²) < 4.78 is 38.5. The number of nitrogens with zero attached hydrogens (tertiary/aromatic N) is 2. The van der Waals surface area contributed by atoms with Gasteiger partial charge in [-0.1, -0.05) is 91.0 Å². The number of hydrogen-bond donors (Lipinski definition) is 0. The Kier molecular flexibility index (Phi) is 34.0. The van der Waals surface area contributed by atoms with Crippen LogP contribution >= 0.6 is 0 Å². The summed E-state index contributed by atoms with van der Waals surface area (Å²) >= 11 is 0. The molecule has 9 heteroatoms. The SMILES string of the molecule is C[N+](C)(C)C.N#C[B-](c1ccccc1)(c1ccccc1)c1ccccc1.[C-]#[O+].[C-]#[O+].[C-]#[O+].[C-]#[O+].[C-]#[O+].[Mo]. The van der Waals surface area contributed by atoms with Crippen molar-refractivity contribution >= 4 is 22.5 Å². The Hall–Kier alpha value is -3.44. The first-order chi connectivity index (χ1) is 17.4. The van der Waals surface area contributed by atoms with Crippen molar-refractivity contribution in [2.24, 2.45) is 0 Å². The van der Waals surface area contributed by atoms with Gasteiger partial charge in [0.2, 0.25) is 0 Å². The standard InChI is InChI=1S/C19H15BN.C4H12N.5CO.Mo/c21-16-20(17-10-4-1-5-11-17,18-12-6-2-7-13-18)19-14-8-3-9-15-19;1-5(2,3)4;5*1-2;/h1-15H;1-4H3;;;;;;/q-1;+1;;;;;;. The topological polar surface area (TPSA) is 123 Å². The fourth-order valence-corrected chi connectivity index (χ4v) is 3.03. The molecule has 3 aromatic rings. The fourth-order valence-electron chi connectivity index (χ4n) is 3.03. The molecule has 37 heavy (non-hydrogen) atoms. The van der Waals surface area contributed by atoms with Crippen LogP contribution in [0.1, 0.15) is 0 Å². The summed E-state index contributed by atoms with van der Waals surface area (Å²) in [6, 6.07) is 30.2. The second-order valence-corrected chi connectivity index (χ2v) is 7.91. The van der Waals surface area contributed by atoms with Crippen LogP contribution in [0.5, 0.6) is 0 Å². The van der Waals surface area contributed by atoms with Crippen molar-refractivity contribution in [1.29, 1.82) is 5.26 Å². The van der Waals surface area contributed by atoms with E-state index in [4.69, 9.17) is 23.3 Å². The van der Waals surface area contributed by atoms with E-state index in [-0.39, 0.29) is 21.1 Å². The summed E-state index contributed by atoms with van der Waals surface area (Å²) in [5, 5.41) is 10.1. The Balaban J connectivity index is -0.000000182. The van der Waals surface area contributed by atoms with E-state index in [9.17, 15) is 5.26 Å². The molecule has 3 rings (SSSR count). The first kappa shape index (κ1) is 43.6. The Labute approximate surface area is 234 Å². The normalized spacial score (nSPS) is 8.03. The van der Waals surface area contributed by atoms with Gasteiger partial charge in [-0.05, 0) is 0 Å². The van der Waals surface area contributed by atoms with Crippen molar-refractivity contribution in [3.8, 4) is 5.97 Å². The molecule has 7 nitrogen and oxygen atoms in total. The largest absolute Gasteiger partial charge is 0 e. The second kappa shape index (κ2) is 28.8. The van der Waals surface area contributed by atoms with Gasteiger partial charge < -0.3 is 4.48 Å². The molecule has 0 spiro atoms. The van der Waals surface area contributed by atoms with Crippen LogP contribution in [0.25, 0.3) is 0 Å². The van der Waals surface area contributed by atoms with Gasteiger partial charge in [-0.3, -0.25) is 0 Å². The molecule has 0 atom stereocenters. The Morgan fingerprint density at radius 2 is 0.676 bits per heavy atom. The van der Waals surface area contributed by atoms with Gasteiger partial charge in [0.05, 0.1) is 28.2 Å². The van der Waals surface area contributed by atoms with E-state index in [2.05, 4.69) is 67.4 Å². The fraction of sp³-hybridized carbons (Fsp3) is 0.143. The molecule has 188 valence electrons. The molecule has 0 heterocycles. The molecule has 0 radical (unpaired) electrons. The van der Waals surface area contributed by atoms with Gasteiger partial charge in [0.15, 0.2) is 6.15 Å². The number of nitriles is 1. The van der Waals surface area contributed by atoms with Gasteiger partial charge in [-0.15, -0.1) is 5.97 Å². The average molecular weight is 578 g/mol. The van der Waals surface area contributed by atoms with Gasteiger partial charge >= 0.3 is 56.5 Å². The van der Waals surface area contributed by atoms with Crippen LogP contribution in [-0.4, -0.2) is 38.8 Å². The first-order valence-corrected chi connectivity index (χ1v) is 9.92. The minimum atomic E-state index is -1.59. The van der Waals surface area contributed by atoms with Crippen molar-refractivity contribution in [2.45, 2.75) is 0 Å². The average Bonchev–Trinajstić information content (AvgIpc) is 2.96. The third kappa shape index (κ3) is 17.6. The zero-order valence-electron chi connectivity index (χ0n) is 21.1. The van der Waals surface area contributed by atoms with E-state index in [0.717, 1.165) is 20.9 Å². The molecule has 0 bridgehead atoms. The van der Waals surface area contributed by atoms with E-state index in [1.165, 1.54) is 0 Å². The van der Waals surface area contributed by atoms with Crippen LogP contribution < -0.4 is 16.4 Å². The maximum Gasteiger partial charge on any atom is 0 e. The number of rotatable bonds is 3. The van der Waals surface area contributed by atoms with Crippen molar-refractivity contribution in [3.63, 3.8) is 0 Å². The molecule has 0 amide bonds. The summed E-state index contributed by atoms with van der Waals surface area (Å²) in [6.07, 6.45) is -1.59. The molecule has 0 aliphatic carbocycles. The predicted molar refractivity (Wildman–Crippen MR) is 133 cm³/mol. The summed E-state index contributed by atoms with van der Waals surface area (Å²) in [5.41, 5.74) is 3.16. The molecular weight excluding hydrogens is 551 g/mol. The molecular formula is C28H27BMoN2O5. The van der Waals surface area contributed by atoms with Crippen LogP contribution in [0.15, 0.2) is 91.0 Å². The predicted octanol–water partition coefficient (Wildman–Crippen LogP) is 2.35. The number of quaternary nitrogens is 1. The van der Waals surface area contributed by atoms with Gasteiger partial charge in [0, 0.05) is 21.1 Å². The summed E-state index contributed by atoms with van der Waals surface area (Å²) in [5.74, 6) is 2.63. The zero-order valence-corrected chi connectivity index (χ0v) is 23.1. The minimum Gasteiger partial charge on any atom is 0 e. The third-order valence-corrected chi connectivity index (χ3v) is 4.09. The molecule has 0 saturated heterocycles. The van der Waals surface area contributed by atoms with E-state index in [1.807, 2.05) is 91.0 Å². The summed E-state index contributed by atoms with van der Waals surface area (Å²) in [7, 11) is 8.50. The first-order valence-electron chi connectivity index (χ1n) is 9.92. The number of hydrogen-bond acceptors (Lipinski definition) is 1. The monoisotopic (exact) mass is 580 g/mol. The van der Waals surface area contributed by atoms with E-state index in [0.29, 0.717) is 0 Å². The molecule has 0 saturated carbocycles. The van der Waals surface area contributed by atoms with Crippen LogP contribution in [0.3, 0.4) is 0 Å². The molecule has 0 unspecified atom stereocenters. The molecule has 0 aliphatic rings. The van der Waals surface area contributed by atoms with Gasteiger partial charge in [-0.25, -0.2) is 5.26 Å². The maximum atomic E-state index is 10.1. The Bertz CT molecular complexity index is 933. The van der Waals surface area contributed by atoms with Gasteiger partial charge in [-0.2, -0.15) is 16.4 Å². The summed E-state index contributed by atoms with van der Waals surface area (Å²) in [6.45, 7) is 22.5. The van der Waals surface area contributed by atoms with Crippen LogP contribution in [-0.2, 0) is 44.3 Å². The van der Waals surface area contributed by atoms with E-state index < -0.39 is 6.15 Å². The van der Waals surface area contributed by atoms with Crippen LogP contribution in [0.4, 0.5) is 0 Å². The van der Waals surface area contributed by atoms with Crippen LogP contribution in [0, 0.1) is 44.5 Å². The molecule has 0 N–H and O–H groups in total. The van der Waals surface area contributed by atoms with Gasteiger partial charge in [0.1, 0.15) is 0 Å². The van der Waals surface area contributed by atoms with Crippen molar-refractivity contribution in [2.75, 3.05) is 28.2 Å². The smallest absolute Gasteiger partial charge is 0 e. The second-order valence-electron chi connectivity index (χ2n) is 7.91. The molecule has 3 aromatic carbocycles. The van der Waals surface area contributed by atoms with Gasteiger partial charge in [0.25, 0.3) is 0 Å². The van der Waals surface area contributed by atoms with Crippen molar-refractivity contribution in [3.05, 3.63) is 124 Å². The van der Waals surface area contributed by atoms with E-state index >= 15 is 0 Å². The van der Waals surface area contributed by atoms with Crippen molar-refractivity contribution < 1.29 is 48.8 Å². The summed E-state index contributed by atoms with van der Waals surface area (Å²) in [4.78, 5) is 0. The minimum absolute atomic E-state index is 0. The molecule has 0 fully saturated rings. The third-order valence-electron chi connectivity index (χ3n) is 4.09. The Morgan fingerprint density at radius 3 is 0.811 bits per heavy atom. The molecule has 0 aromatic heterocycles. The van der Waals surface area contributed by atoms with E-state index in [1.54, 1.807) is 0 Å². The quantitative estimate of drug-likeness (QED) is 0.202. The zero-order chi connectivity index (χ0) is 29.0. The van der Waals surface area contributed by atoms with Crippen molar-refractivity contribution in [1.82, 2.24) is 0 Å². The maximum absolute atomic E-state index is 10.1. The van der Waals surface area contributed by atoms with Crippen LogP contribution in [0.2, 0.25) is 0 Å². The number of benzene rings is 3. The Morgan fingerprint density at radius 1 is 0.514 bits per heavy atom. The molecule has 0 aliphatic heterocycles.